The van der Waals surface area contributed by atoms with Gasteiger partial charge in [0.1, 0.15) is 11.9 Å². The molecular formula is C15H14ClN3O3. The second-order valence-electron chi connectivity index (χ2n) is 5.41. The van der Waals surface area contributed by atoms with Crippen molar-refractivity contribution < 1.29 is 14.3 Å². The van der Waals surface area contributed by atoms with Crippen molar-refractivity contribution in [1.29, 1.82) is 0 Å². The molecule has 7 heteroatoms. The first-order valence-corrected chi connectivity index (χ1v) is 7.40. The van der Waals surface area contributed by atoms with Crippen LogP contribution in [0.2, 0.25) is 5.02 Å². The van der Waals surface area contributed by atoms with Gasteiger partial charge in [0.05, 0.1) is 5.02 Å². The monoisotopic (exact) mass is 319 g/mol. The Hall–Kier alpha value is -2.21. The Bertz CT molecular complexity index is 758. The molecule has 0 radical (unpaired) electrons. The van der Waals surface area contributed by atoms with Gasteiger partial charge < -0.3 is 18.9 Å². The van der Waals surface area contributed by atoms with E-state index < -0.39 is 0 Å². The van der Waals surface area contributed by atoms with Gasteiger partial charge in [-0.15, -0.1) is 0 Å². The summed E-state index contributed by atoms with van der Waals surface area (Å²) in [4.78, 5) is 18.4. The largest absolute Gasteiger partial charge is 0.454 e. The molecule has 6 nitrogen and oxygen atoms in total. The van der Waals surface area contributed by atoms with E-state index in [1.165, 1.54) is 0 Å². The Morgan fingerprint density at radius 1 is 1.32 bits per heavy atom. The van der Waals surface area contributed by atoms with E-state index >= 15 is 0 Å². The average molecular weight is 320 g/mol. The first kappa shape index (κ1) is 13.5. The minimum atomic E-state index is -0.232. The maximum atomic E-state index is 12.3. The van der Waals surface area contributed by atoms with E-state index in [9.17, 15) is 4.79 Å². The van der Waals surface area contributed by atoms with E-state index in [-0.39, 0.29) is 18.7 Å². The van der Waals surface area contributed by atoms with Crippen molar-refractivity contribution in [3.63, 3.8) is 0 Å². The zero-order valence-corrected chi connectivity index (χ0v) is 12.7. The normalized spacial score (nSPS) is 20.0. The number of nitrogens with zero attached hydrogens (tertiary/aromatic N) is 3. The van der Waals surface area contributed by atoms with E-state index in [0.29, 0.717) is 22.3 Å². The highest BCUT2D eigenvalue weighted by Gasteiger charge is 2.32. The number of benzene rings is 1. The highest BCUT2D eigenvalue weighted by Crippen LogP contribution is 2.41. The van der Waals surface area contributed by atoms with Crippen molar-refractivity contribution in [2.24, 2.45) is 0 Å². The number of hydrogen-bond acceptors (Lipinski definition) is 4. The van der Waals surface area contributed by atoms with Gasteiger partial charge in [-0.3, -0.25) is 4.79 Å². The predicted molar refractivity (Wildman–Crippen MR) is 80.1 cm³/mol. The number of aromatic nitrogens is 2. The number of amides is 1. The zero-order valence-electron chi connectivity index (χ0n) is 12.0. The summed E-state index contributed by atoms with van der Waals surface area (Å²) in [5, 5.41) is 0.524. The third-order valence-electron chi connectivity index (χ3n) is 4.11. The summed E-state index contributed by atoms with van der Waals surface area (Å²) in [5.41, 5.74) is 0.735. The molecule has 1 fully saturated rings. The van der Waals surface area contributed by atoms with Gasteiger partial charge in [0.25, 0.3) is 0 Å². The van der Waals surface area contributed by atoms with Crippen LogP contribution in [0.1, 0.15) is 12.5 Å². The smallest absolute Gasteiger partial charge is 0.245 e. The number of hydrogen-bond donors (Lipinski definition) is 0. The van der Waals surface area contributed by atoms with Gasteiger partial charge in [-0.25, -0.2) is 4.98 Å². The molecule has 4 rings (SSSR count). The van der Waals surface area contributed by atoms with Crippen molar-refractivity contribution in [2.75, 3.05) is 20.4 Å². The van der Waals surface area contributed by atoms with Crippen LogP contribution in [0.25, 0.3) is 11.4 Å². The molecule has 0 saturated carbocycles. The minimum absolute atomic E-state index is 0.0936. The SMILES string of the molecule is CN1CC[C@H](n2ccnc2-c2cc3c(cc2Cl)OCO3)C1=O. The number of likely N-dealkylation sites (N-methyl/N-ethyl adjacent to an activating group) is 1. The highest BCUT2D eigenvalue weighted by atomic mass is 35.5. The van der Waals surface area contributed by atoms with Crippen molar-refractivity contribution >= 4 is 17.5 Å². The lowest BCUT2D eigenvalue weighted by atomic mass is 10.1. The van der Waals surface area contributed by atoms with E-state index in [1.807, 2.05) is 23.9 Å². The molecule has 3 heterocycles. The molecule has 1 atom stereocenters. The van der Waals surface area contributed by atoms with Crippen LogP contribution in [0.15, 0.2) is 24.5 Å². The van der Waals surface area contributed by atoms with Gasteiger partial charge in [0.15, 0.2) is 11.5 Å². The lowest BCUT2D eigenvalue weighted by molar-refractivity contribution is -0.129. The molecule has 0 aliphatic carbocycles. The molecule has 22 heavy (non-hydrogen) atoms. The number of ether oxygens (including phenoxy) is 2. The maximum Gasteiger partial charge on any atom is 0.245 e. The molecule has 1 amide bonds. The summed E-state index contributed by atoms with van der Waals surface area (Å²) in [7, 11) is 1.81. The molecule has 1 aromatic carbocycles. The number of carbonyl (C=O) groups is 1. The maximum absolute atomic E-state index is 12.3. The number of fused-ring (bicyclic) bond motifs is 1. The Balaban J connectivity index is 1.79. The first-order chi connectivity index (χ1) is 10.6. The Morgan fingerprint density at radius 2 is 2.09 bits per heavy atom. The van der Waals surface area contributed by atoms with Gasteiger partial charge in [0, 0.05) is 37.6 Å². The van der Waals surface area contributed by atoms with E-state index in [4.69, 9.17) is 21.1 Å². The molecule has 114 valence electrons. The first-order valence-electron chi connectivity index (χ1n) is 7.02. The lowest BCUT2D eigenvalue weighted by Crippen LogP contribution is -2.24. The summed E-state index contributed by atoms with van der Waals surface area (Å²) < 4.78 is 12.6. The summed E-state index contributed by atoms with van der Waals surface area (Å²) in [6, 6.07) is 3.30. The number of likely N-dealkylation sites (tertiary alicyclic amines) is 1. The molecule has 0 spiro atoms. The fourth-order valence-corrected chi connectivity index (χ4v) is 3.16. The lowest BCUT2D eigenvalue weighted by Gasteiger charge is -2.15. The third kappa shape index (κ3) is 1.94. The molecule has 0 N–H and O–H groups in total. The van der Waals surface area contributed by atoms with Gasteiger partial charge in [-0.2, -0.15) is 0 Å². The predicted octanol–water partition coefficient (Wildman–Crippen LogP) is 2.34. The topological polar surface area (TPSA) is 56.6 Å². The number of carbonyl (C=O) groups excluding carboxylic acids is 1. The highest BCUT2D eigenvalue weighted by molar-refractivity contribution is 6.33. The van der Waals surface area contributed by atoms with E-state index in [0.717, 1.165) is 18.5 Å². The molecule has 1 aromatic heterocycles. The van der Waals surface area contributed by atoms with Crippen molar-refractivity contribution in [3.8, 4) is 22.9 Å². The van der Waals surface area contributed by atoms with Crippen LogP contribution in [0.3, 0.4) is 0 Å². The fourth-order valence-electron chi connectivity index (χ4n) is 2.92. The molecule has 0 bridgehead atoms. The second kappa shape index (κ2) is 4.91. The molecule has 0 unspecified atom stereocenters. The van der Waals surface area contributed by atoms with Gasteiger partial charge in [0.2, 0.25) is 12.7 Å². The fraction of sp³-hybridized carbons (Fsp3) is 0.333. The van der Waals surface area contributed by atoms with Crippen LogP contribution in [0.5, 0.6) is 11.5 Å². The van der Waals surface area contributed by atoms with Crippen LogP contribution in [-0.4, -0.2) is 40.7 Å². The summed E-state index contributed by atoms with van der Waals surface area (Å²) >= 11 is 6.36. The minimum Gasteiger partial charge on any atom is -0.454 e. The molecule has 1 saturated heterocycles. The van der Waals surface area contributed by atoms with Crippen molar-refractivity contribution in [1.82, 2.24) is 14.5 Å². The van der Waals surface area contributed by atoms with E-state index in [1.54, 1.807) is 17.2 Å². The van der Waals surface area contributed by atoms with Crippen molar-refractivity contribution in [2.45, 2.75) is 12.5 Å². The van der Waals surface area contributed by atoms with Crippen LogP contribution in [0.4, 0.5) is 0 Å². The molecule has 2 aliphatic rings. The van der Waals surface area contributed by atoms with Crippen LogP contribution >= 0.6 is 11.6 Å². The summed E-state index contributed by atoms with van der Waals surface area (Å²) in [6.45, 7) is 0.936. The third-order valence-corrected chi connectivity index (χ3v) is 4.42. The zero-order chi connectivity index (χ0) is 15.3. The van der Waals surface area contributed by atoms with E-state index in [2.05, 4.69) is 4.98 Å². The van der Waals surface area contributed by atoms with Gasteiger partial charge in [-0.1, -0.05) is 11.6 Å². The standard InChI is InChI=1S/C15H14ClN3O3/c1-18-4-2-11(15(18)20)19-5-3-17-14(19)9-6-12-13(7-10(9)16)22-8-21-12/h3,5-7,11H,2,4,8H2,1H3/t11-/m0/s1. The quantitative estimate of drug-likeness (QED) is 0.852. The van der Waals surface area contributed by atoms with Crippen LogP contribution in [-0.2, 0) is 4.79 Å². The summed E-state index contributed by atoms with van der Waals surface area (Å²) in [5.74, 6) is 2.03. The van der Waals surface area contributed by atoms with Crippen LogP contribution in [0, 0.1) is 0 Å². The molecule has 2 aromatic rings. The van der Waals surface area contributed by atoms with Gasteiger partial charge >= 0.3 is 0 Å². The molecular weight excluding hydrogens is 306 g/mol. The molecule has 2 aliphatic heterocycles. The Labute approximate surface area is 132 Å². The Kier molecular flexibility index (Phi) is 3.00. The average Bonchev–Trinajstić information content (AvgIpc) is 3.20. The van der Waals surface area contributed by atoms with Crippen LogP contribution < -0.4 is 9.47 Å². The second-order valence-corrected chi connectivity index (χ2v) is 5.81. The number of halogens is 1. The number of rotatable bonds is 2. The van der Waals surface area contributed by atoms with Gasteiger partial charge in [-0.05, 0) is 12.5 Å². The Morgan fingerprint density at radius 3 is 2.82 bits per heavy atom. The number of imidazole rings is 1. The summed E-state index contributed by atoms with van der Waals surface area (Å²) in [6.07, 6.45) is 4.26. The van der Waals surface area contributed by atoms with Crippen molar-refractivity contribution in [3.05, 3.63) is 29.5 Å².